The number of halogens is 2. The molecule has 0 aliphatic heterocycles. The number of ether oxygens (including phenoxy) is 2. The van der Waals surface area contributed by atoms with Gasteiger partial charge in [0.1, 0.15) is 17.7 Å². The van der Waals surface area contributed by atoms with Crippen LogP contribution in [0.3, 0.4) is 0 Å². The van der Waals surface area contributed by atoms with E-state index in [1.54, 1.807) is 11.4 Å². The summed E-state index contributed by atoms with van der Waals surface area (Å²) in [6.07, 6.45) is -0.693. The van der Waals surface area contributed by atoms with Crippen LogP contribution in [0.2, 0.25) is 0 Å². The fourth-order valence-corrected chi connectivity index (χ4v) is 3.01. The lowest BCUT2D eigenvalue weighted by atomic mass is 10.2. The number of benzene rings is 1. The number of thiophene rings is 1. The van der Waals surface area contributed by atoms with E-state index in [0.29, 0.717) is 17.0 Å². The molecule has 118 valence electrons. The molecule has 0 spiro atoms. The molecule has 2 aromatic rings. The molecule has 0 bridgehead atoms. The molecule has 1 atom stereocenters. The van der Waals surface area contributed by atoms with Gasteiger partial charge in [0.15, 0.2) is 0 Å². The molecule has 1 N–H and O–H groups in total. The smallest absolute Gasteiger partial charge is 0.406 e. The second kappa shape index (κ2) is 8.14. The Balaban J connectivity index is 2.10. The van der Waals surface area contributed by atoms with Gasteiger partial charge in [-0.05, 0) is 39.5 Å². The molecule has 0 saturated carbocycles. The highest BCUT2D eigenvalue weighted by atomic mass is 79.9. The third kappa shape index (κ3) is 4.45. The van der Waals surface area contributed by atoms with Crippen LogP contribution in [0.5, 0.6) is 5.75 Å². The van der Waals surface area contributed by atoms with Crippen molar-refractivity contribution in [2.24, 2.45) is 0 Å². The van der Waals surface area contributed by atoms with Gasteiger partial charge in [-0.15, -0.1) is 11.3 Å². The molecule has 22 heavy (non-hydrogen) atoms. The maximum absolute atomic E-state index is 13.9. The Kier molecular flexibility index (Phi) is 6.21. The third-order valence-electron chi connectivity index (χ3n) is 2.86. The molecule has 1 aromatic heterocycles. The SMILES string of the molecule is CNC(=O)OCCC(Oc1ccccc1Br)c1sccc1F. The number of hydrogen-bond donors (Lipinski definition) is 1. The first-order valence-corrected chi connectivity index (χ1v) is 8.27. The number of nitrogens with one attached hydrogen (secondary N) is 1. The Bertz CT molecular complexity index is 635. The van der Waals surface area contributed by atoms with Crippen molar-refractivity contribution in [1.82, 2.24) is 5.32 Å². The molecule has 1 aromatic carbocycles. The highest BCUT2D eigenvalue weighted by Gasteiger charge is 2.20. The van der Waals surface area contributed by atoms with Crippen molar-refractivity contribution in [1.29, 1.82) is 0 Å². The Morgan fingerprint density at radius 2 is 2.18 bits per heavy atom. The summed E-state index contributed by atoms with van der Waals surface area (Å²) in [5.41, 5.74) is 0. The van der Waals surface area contributed by atoms with Crippen LogP contribution < -0.4 is 10.1 Å². The van der Waals surface area contributed by atoms with Gasteiger partial charge in [-0.25, -0.2) is 9.18 Å². The van der Waals surface area contributed by atoms with E-state index in [9.17, 15) is 9.18 Å². The zero-order valence-corrected chi connectivity index (χ0v) is 14.2. The zero-order chi connectivity index (χ0) is 15.9. The molecule has 0 radical (unpaired) electrons. The highest BCUT2D eigenvalue weighted by molar-refractivity contribution is 9.10. The number of amides is 1. The summed E-state index contributed by atoms with van der Waals surface area (Å²) in [6.45, 7) is 0.131. The van der Waals surface area contributed by atoms with Crippen LogP contribution in [0.25, 0.3) is 0 Å². The Morgan fingerprint density at radius 1 is 1.41 bits per heavy atom. The average molecular weight is 388 g/mol. The lowest BCUT2D eigenvalue weighted by molar-refractivity contribution is 0.117. The fraction of sp³-hybridized carbons (Fsp3) is 0.267. The van der Waals surface area contributed by atoms with Gasteiger partial charge in [0.05, 0.1) is 16.0 Å². The van der Waals surface area contributed by atoms with E-state index >= 15 is 0 Å². The Morgan fingerprint density at radius 3 is 2.82 bits per heavy atom. The molecule has 7 heteroatoms. The lowest BCUT2D eigenvalue weighted by Gasteiger charge is -2.19. The van der Waals surface area contributed by atoms with Crippen LogP contribution in [0.1, 0.15) is 17.4 Å². The van der Waals surface area contributed by atoms with Gasteiger partial charge in [0.2, 0.25) is 0 Å². The van der Waals surface area contributed by atoms with Crippen molar-refractivity contribution in [2.45, 2.75) is 12.5 Å². The molecule has 4 nitrogen and oxygen atoms in total. The van der Waals surface area contributed by atoms with Crippen molar-refractivity contribution < 1.29 is 18.7 Å². The summed E-state index contributed by atoms with van der Waals surface area (Å²) in [5.74, 6) is 0.294. The van der Waals surface area contributed by atoms with Crippen LogP contribution in [-0.2, 0) is 4.74 Å². The topological polar surface area (TPSA) is 47.6 Å². The number of para-hydroxylation sites is 1. The van der Waals surface area contributed by atoms with Gasteiger partial charge in [0, 0.05) is 13.5 Å². The maximum atomic E-state index is 13.9. The second-order valence-electron chi connectivity index (χ2n) is 4.34. The van der Waals surface area contributed by atoms with Crippen molar-refractivity contribution in [3.63, 3.8) is 0 Å². The van der Waals surface area contributed by atoms with Crippen LogP contribution in [-0.4, -0.2) is 19.7 Å². The summed E-state index contributed by atoms with van der Waals surface area (Å²) in [7, 11) is 1.48. The summed E-state index contributed by atoms with van der Waals surface area (Å²) >= 11 is 4.67. The summed E-state index contributed by atoms with van der Waals surface area (Å²) < 4.78 is 25.5. The first-order valence-electron chi connectivity index (χ1n) is 6.60. The molecular weight excluding hydrogens is 373 g/mol. The molecule has 1 heterocycles. The Hall–Kier alpha value is -1.60. The highest BCUT2D eigenvalue weighted by Crippen LogP contribution is 2.33. The normalized spacial score (nSPS) is 11.8. The van der Waals surface area contributed by atoms with Gasteiger partial charge < -0.3 is 14.8 Å². The molecule has 0 aliphatic carbocycles. The van der Waals surface area contributed by atoms with Gasteiger partial charge in [-0.3, -0.25) is 0 Å². The van der Waals surface area contributed by atoms with Gasteiger partial charge in [-0.1, -0.05) is 12.1 Å². The van der Waals surface area contributed by atoms with Crippen molar-refractivity contribution in [3.05, 3.63) is 50.9 Å². The maximum Gasteiger partial charge on any atom is 0.406 e. The van der Waals surface area contributed by atoms with E-state index in [2.05, 4.69) is 21.2 Å². The first-order chi connectivity index (χ1) is 10.6. The van der Waals surface area contributed by atoms with Crippen LogP contribution >= 0.6 is 27.3 Å². The van der Waals surface area contributed by atoms with Gasteiger partial charge in [-0.2, -0.15) is 0 Å². The number of carbonyl (C=O) groups excluding carboxylic acids is 1. The third-order valence-corrected chi connectivity index (χ3v) is 4.50. The van der Waals surface area contributed by atoms with E-state index in [1.807, 2.05) is 18.2 Å². The number of carbonyl (C=O) groups is 1. The van der Waals surface area contributed by atoms with E-state index < -0.39 is 12.2 Å². The molecule has 0 saturated heterocycles. The minimum Gasteiger partial charge on any atom is -0.483 e. The molecule has 1 amide bonds. The van der Waals surface area contributed by atoms with Crippen LogP contribution in [0.4, 0.5) is 9.18 Å². The van der Waals surface area contributed by atoms with E-state index in [1.165, 1.54) is 24.5 Å². The van der Waals surface area contributed by atoms with E-state index in [0.717, 1.165) is 4.47 Å². The summed E-state index contributed by atoms with van der Waals surface area (Å²) in [5, 5.41) is 4.03. The first kappa shape index (κ1) is 16.8. The summed E-state index contributed by atoms with van der Waals surface area (Å²) in [6, 6.07) is 8.74. The molecule has 0 aliphatic rings. The predicted octanol–water partition coefficient (Wildman–Crippen LogP) is 4.52. The van der Waals surface area contributed by atoms with E-state index in [-0.39, 0.29) is 12.4 Å². The van der Waals surface area contributed by atoms with Crippen LogP contribution in [0, 0.1) is 5.82 Å². The fourth-order valence-electron chi connectivity index (χ4n) is 1.80. The predicted molar refractivity (Wildman–Crippen MR) is 86.8 cm³/mol. The van der Waals surface area contributed by atoms with Crippen molar-refractivity contribution in [2.75, 3.05) is 13.7 Å². The molecular formula is C15H15BrFNO3S. The lowest BCUT2D eigenvalue weighted by Crippen LogP contribution is -2.21. The summed E-state index contributed by atoms with van der Waals surface area (Å²) in [4.78, 5) is 11.6. The quantitative estimate of drug-likeness (QED) is 0.792. The average Bonchev–Trinajstić information content (AvgIpc) is 2.94. The number of alkyl carbamates (subject to hydrolysis) is 1. The minimum absolute atomic E-state index is 0.131. The number of hydrogen-bond acceptors (Lipinski definition) is 4. The molecule has 1 unspecified atom stereocenters. The molecule has 2 rings (SSSR count). The zero-order valence-electron chi connectivity index (χ0n) is 11.8. The van der Waals surface area contributed by atoms with Gasteiger partial charge >= 0.3 is 6.09 Å². The van der Waals surface area contributed by atoms with Crippen molar-refractivity contribution >= 4 is 33.4 Å². The minimum atomic E-state index is -0.525. The van der Waals surface area contributed by atoms with E-state index in [4.69, 9.17) is 9.47 Å². The van der Waals surface area contributed by atoms with Crippen LogP contribution in [0.15, 0.2) is 40.2 Å². The largest absolute Gasteiger partial charge is 0.483 e. The standard InChI is InChI=1S/C15H15BrFNO3S/c1-18-15(19)20-8-6-13(14-11(17)7-9-22-14)21-12-5-3-2-4-10(12)16/h2-5,7,9,13H,6,8H2,1H3,(H,18,19). The second-order valence-corrected chi connectivity index (χ2v) is 6.15. The monoisotopic (exact) mass is 387 g/mol. The van der Waals surface area contributed by atoms with Gasteiger partial charge in [0.25, 0.3) is 0 Å². The number of rotatable bonds is 6. The Labute approximate surface area is 140 Å². The van der Waals surface area contributed by atoms with Crippen molar-refractivity contribution in [3.8, 4) is 5.75 Å². The molecule has 0 fully saturated rings.